The first-order valence-electron chi connectivity index (χ1n) is 23.5. The van der Waals surface area contributed by atoms with E-state index in [1.165, 1.54) is 57.8 Å². The van der Waals surface area contributed by atoms with Crippen LogP contribution in [-0.2, 0) is 42.8 Å². The lowest BCUT2D eigenvalue weighted by Crippen LogP contribution is -2.65. The molecule has 12 unspecified atom stereocenters. The van der Waals surface area contributed by atoms with Crippen molar-refractivity contribution < 1.29 is 82.3 Å². The van der Waals surface area contributed by atoms with Crippen LogP contribution in [0.25, 0.3) is 0 Å². The zero-order chi connectivity index (χ0) is 54.0. The maximum Gasteiger partial charge on any atom is 0.411 e. The van der Waals surface area contributed by atoms with E-state index in [0.29, 0.717) is 14.9 Å². The molecule has 2 bridgehead atoms. The van der Waals surface area contributed by atoms with Crippen LogP contribution in [0.5, 0.6) is 17.2 Å². The fraction of sp³-hybridized carbons (Fsp3) is 0.612. The van der Waals surface area contributed by atoms with E-state index in [4.69, 9.17) is 47.5 Å². The van der Waals surface area contributed by atoms with Gasteiger partial charge in [0.25, 0.3) is 0 Å². The summed E-state index contributed by atoms with van der Waals surface area (Å²) in [5, 5.41) is 51.6. The number of hydrogen-bond donors (Lipinski definition) is 7. The van der Waals surface area contributed by atoms with Crippen molar-refractivity contribution >= 4 is 82.8 Å². The number of phenolic OH excluding ortho intramolecular Hbond substituents is 1. The number of aliphatic hydroxyl groups excluding tert-OH is 2. The first-order chi connectivity index (χ1) is 35.3. The number of ketones is 1. The zero-order valence-electron chi connectivity index (χ0n) is 42.5. The fourth-order valence-corrected chi connectivity index (χ4v) is 13.1. The van der Waals surface area contributed by atoms with Crippen molar-refractivity contribution in [1.82, 2.24) is 16.1 Å². The number of phenols is 1. The second kappa shape index (κ2) is 27.7. The van der Waals surface area contributed by atoms with Gasteiger partial charge in [0.15, 0.2) is 41.8 Å². The van der Waals surface area contributed by atoms with Gasteiger partial charge in [0.2, 0.25) is 10.9 Å². The number of Topliss-reactive ketones (excluding diaryl/α,β-unsaturated/α-hetero) is 1. The summed E-state index contributed by atoms with van der Waals surface area (Å²) in [4.78, 5) is 46.9. The Morgan fingerprint density at radius 1 is 1.03 bits per heavy atom. The number of rotatable bonds is 19. The van der Waals surface area contributed by atoms with E-state index in [-0.39, 0.29) is 77.3 Å². The Hall–Kier alpha value is -2.78. The molecular weight excluding hydrogens is 1160 g/mol. The second-order valence-corrected chi connectivity index (χ2v) is 24.5. The van der Waals surface area contributed by atoms with Gasteiger partial charge < -0.3 is 68.4 Å². The number of carbonyl (C=O) groups is 3. The van der Waals surface area contributed by atoms with Crippen molar-refractivity contribution in [1.29, 1.82) is 0 Å². The summed E-state index contributed by atoms with van der Waals surface area (Å²) in [7, 11) is 9.94. The van der Waals surface area contributed by atoms with E-state index in [2.05, 4.69) is 39.8 Å². The van der Waals surface area contributed by atoms with E-state index in [9.17, 15) is 34.8 Å². The third kappa shape index (κ3) is 14.3. The summed E-state index contributed by atoms with van der Waals surface area (Å²) in [5.74, 6) is 11.1. The number of amides is 1. The van der Waals surface area contributed by atoms with Gasteiger partial charge in [0, 0.05) is 42.9 Å². The van der Waals surface area contributed by atoms with Crippen LogP contribution in [0.1, 0.15) is 62.9 Å². The number of hydrogen-bond acceptors (Lipinski definition) is 23. The number of aromatic hydroxyl groups is 1. The maximum atomic E-state index is 14.0. The predicted molar refractivity (Wildman–Crippen MR) is 288 cm³/mol. The summed E-state index contributed by atoms with van der Waals surface area (Å²) in [6.45, 7) is 9.23. The molecule has 1 aromatic rings. The van der Waals surface area contributed by atoms with Crippen LogP contribution in [0, 0.1) is 34.2 Å². The van der Waals surface area contributed by atoms with E-state index >= 15 is 0 Å². The van der Waals surface area contributed by atoms with Crippen LogP contribution in [0.4, 0.5) is 4.79 Å². The lowest BCUT2D eigenvalue weighted by Gasteiger charge is -2.47. The normalized spacial score (nSPS) is 33.0. The number of fused-ring (bicyclic) bond motifs is 2. The molecule has 3 heterocycles. The quantitative estimate of drug-likeness (QED) is 0.0332. The molecule has 20 nitrogen and oxygen atoms in total. The highest BCUT2D eigenvalue weighted by Gasteiger charge is 2.51. The number of thioether (sulfide) groups is 1. The molecule has 0 radical (unpaired) electrons. The average molecular weight is 1220 g/mol. The lowest BCUT2D eigenvalue weighted by atomic mass is 9.75. The van der Waals surface area contributed by atoms with Gasteiger partial charge in [-0.05, 0) is 77.2 Å². The van der Waals surface area contributed by atoms with Gasteiger partial charge in [-0.3, -0.25) is 19.7 Å². The molecule has 7 N–H and O–H groups in total. The van der Waals surface area contributed by atoms with Gasteiger partial charge in [-0.25, -0.2) is 4.79 Å². The molecule has 6 rings (SSSR count). The van der Waals surface area contributed by atoms with Crippen LogP contribution >= 0.6 is 65.8 Å². The lowest BCUT2D eigenvalue weighted by molar-refractivity contribution is -0.336. The van der Waals surface area contributed by atoms with Gasteiger partial charge in [-0.15, -0.1) is 0 Å². The molecule has 0 spiro atoms. The molecule has 3 aliphatic heterocycles. The molecule has 2 aliphatic carbocycles. The van der Waals surface area contributed by atoms with Gasteiger partial charge in [0.05, 0.1) is 90.9 Å². The smallest absolute Gasteiger partial charge is 0.411 e. The van der Waals surface area contributed by atoms with E-state index in [0.717, 1.165) is 18.9 Å². The molecule has 14 atom stereocenters. The minimum Gasteiger partial charge on any atom is -0.503 e. The fourth-order valence-electron chi connectivity index (χ4n) is 9.05. The number of hydroxylamine groups is 1. The highest BCUT2D eigenvalue weighted by atomic mass is 127. The molecular formula is C49H64IN3O17S4. The second-order valence-electron chi connectivity index (χ2n) is 17.8. The SMILES string of the molecule is COC(=O)NC1=C2C(=CCSSSC)[C@](O)(C#C/C=C\C#C[C@@H]2OC2OC(C)C(NOC3CC(O)C(SC(=O)c4c(C)c(I)c(O)c(OC)c4OC)C(C)O3)C(O)C2OC2CC(OC)C(NC(C)C)CO2)CC1=O. The van der Waals surface area contributed by atoms with Crippen molar-refractivity contribution in [3.8, 4) is 40.9 Å². The summed E-state index contributed by atoms with van der Waals surface area (Å²) in [5.41, 5.74) is 1.43. The Kier molecular flexibility index (Phi) is 22.6. The Bertz CT molecular complexity index is 2420. The summed E-state index contributed by atoms with van der Waals surface area (Å²) in [6, 6.07) is -1.12. The molecule has 3 saturated heterocycles. The number of alkyl carbamates (subject to hydrolysis) is 1. The highest BCUT2D eigenvalue weighted by Crippen LogP contribution is 2.47. The number of ether oxygens (including phenoxy) is 9. The topological polar surface area (TPSA) is 261 Å². The van der Waals surface area contributed by atoms with E-state index < -0.39 is 95.8 Å². The molecule has 1 amide bonds. The standard InChI is InChI=1S/C49H64IN3O17S4/c1-23(2)51-28-22-65-33(20-32(28)61-6)69-44-41(57)38(53-70-34-19-29(54)45(26(5)66-34)73-46(58)35-24(3)37(50)40(56)43(63-8)42(35)62-7)25(4)67-47(44)68-31-15-13-11-12-14-17-49(60)21-30(55)39(52-48(59)64-9)36(31)27(49)16-18-72-74-71-10/h11-12,16,23,25-26,28-29,31-34,38,41,44-45,47,51,53-54,56-57,60H,18-22H2,1-10H3,(H,52,59)/b12-11-,27-16?/t25?,26?,28?,29?,31-,32?,33?,34?,38?,41?,44?,45?,47?,49-/m0/s1. The Labute approximate surface area is 460 Å². The van der Waals surface area contributed by atoms with Crippen LogP contribution in [0.15, 0.2) is 35.1 Å². The highest BCUT2D eigenvalue weighted by molar-refractivity contribution is 14.1. The molecule has 1 aromatic carbocycles. The van der Waals surface area contributed by atoms with Gasteiger partial charge in [-0.2, -0.15) is 5.48 Å². The molecule has 5 aliphatic rings. The van der Waals surface area contributed by atoms with Crippen molar-refractivity contribution in [3.63, 3.8) is 0 Å². The molecule has 0 aromatic heterocycles. The van der Waals surface area contributed by atoms with Crippen molar-refractivity contribution in [3.05, 3.63) is 49.8 Å². The predicted octanol–water partition coefficient (Wildman–Crippen LogP) is 4.43. The van der Waals surface area contributed by atoms with Crippen LogP contribution in [0.3, 0.4) is 0 Å². The van der Waals surface area contributed by atoms with Gasteiger partial charge in [-0.1, -0.05) is 77.0 Å². The number of aliphatic hydroxyl groups is 3. The van der Waals surface area contributed by atoms with Crippen LogP contribution < -0.4 is 25.6 Å². The zero-order valence-corrected chi connectivity index (χ0v) is 47.9. The average Bonchev–Trinajstić information content (AvgIpc) is 3.35. The largest absolute Gasteiger partial charge is 0.503 e. The van der Waals surface area contributed by atoms with Crippen molar-refractivity contribution in [2.45, 2.75) is 144 Å². The molecule has 74 heavy (non-hydrogen) atoms. The molecule has 408 valence electrons. The molecule has 3 fully saturated rings. The number of nitrogens with one attached hydrogen (secondary N) is 3. The van der Waals surface area contributed by atoms with Gasteiger partial charge >= 0.3 is 6.09 Å². The summed E-state index contributed by atoms with van der Waals surface area (Å²) < 4.78 is 54.4. The third-order valence-corrected chi connectivity index (χ3v) is 19.0. The van der Waals surface area contributed by atoms with Gasteiger partial charge in [0.1, 0.15) is 18.3 Å². The van der Waals surface area contributed by atoms with Crippen LogP contribution in [0.2, 0.25) is 0 Å². The number of carbonyl (C=O) groups excluding carboxylic acids is 3. The number of benzene rings is 1. The maximum absolute atomic E-state index is 14.0. The first-order valence-corrected chi connectivity index (χ1v) is 29.5. The number of allylic oxidation sites excluding steroid dienone is 3. The molecule has 25 heteroatoms. The Morgan fingerprint density at radius 3 is 2.42 bits per heavy atom. The number of halogens is 1. The summed E-state index contributed by atoms with van der Waals surface area (Å²) in [6.07, 6.45) is -5.85. The number of methoxy groups -OCH3 is 4. The van der Waals surface area contributed by atoms with Crippen LogP contribution in [-0.4, -0.2) is 175 Å². The minimum atomic E-state index is -2.04. The minimum absolute atomic E-state index is 0.00264. The molecule has 0 saturated carbocycles. The third-order valence-electron chi connectivity index (χ3n) is 12.6. The first kappa shape index (κ1) is 60.4. The van der Waals surface area contributed by atoms with E-state index in [1.807, 2.05) is 42.7 Å². The Balaban J connectivity index is 1.28. The Morgan fingerprint density at radius 2 is 1.76 bits per heavy atom. The monoisotopic (exact) mass is 1220 g/mol. The summed E-state index contributed by atoms with van der Waals surface area (Å²) >= 11 is 2.78. The van der Waals surface area contributed by atoms with E-state index in [1.54, 1.807) is 34.0 Å². The van der Waals surface area contributed by atoms with Crippen molar-refractivity contribution in [2.24, 2.45) is 0 Å². The van der Waals surface area contributed by atoms with Crippen molar-refractivity contribution in [2.75, 3.05) is 47.1 Å².